The minimum atomic E-state index is -0.907. The monoisotopic (exact) mass is 321 g/mol. The number of likely N-dealkylation sites (N-methyl/N-ethyl adjacent to an activating group) is 1. The smallest absolute Gasteiger partial charge is 0.256 e. The zero-order valence-corrected chi connectivity index (χ0v) is 14.7. The van der Waals surface area contributed by atoms with E-state index in [4.69, 9.17) is 4.74 Å². The van der Waals surface area contributed by atoms with Crippen LogP contribution in [0.25, 0.3) is 0 Å². The Hall–Kier alpha value is -1.82. The van der Waals surface area contributed by atoms with Crippen LogP contribution in [0.1, 0.15) is 41.5 Å². The van der Waals surface area contributed by atoms with Crippen LogP contribution in [0.3, 0.4) is 0 Å². The zero-order valence-electron chi connectivity index (χ0n) is 14.7. The maximum Gasteiger partial charge on any atom is 0.256 e. The molecule has 1 aromatic heterocycles. The van der Waals surface area contributed by atoms with Crippen molar-refractivity contribution in [1.82, 2.24) is 14.8 Å². The number of aryl methyl sites for hydroxylation is 1. The van der Waals surface area contributed by atoms with Crippen molar-refractivity contribution in [3.63, 3.8) is 0 Å². The molecule has 6 heteroatoms. The number of carbonyl (C=O) groups is 2. The molecule has 0 aromatic carbocycles. The summed E-state index contributed by atoms with van der Waals surface area (Å²) in [6.45, 7) is 7.62. The number of rotatable bonds is 5. The van der Waals surface area contributed by atoms with Gasteiger partial charge in [0.25, 0.3) is 5.91 Å². The van der Waals surface area contributed by atoms with Crippen LogP contribution in [-0.4, -0.2) is 54.1 Å². The SMILES string of the molecule is CCn1c(C)cc(C(=O)N2CCCC2(COC)C(=O)NC)c1C. The van der Waals surface area contributed by atoms with Crippen LogP contribution in [0.4, 0.5) is 0 Å². The van der Waals surface area contributed by atoms with E-state index in [9.17, 15) is 9.59 Å². The molecule has 1 saturated heterocycles. The van der Waals surface area contributed by atoms with Gasteiger partial charge in [0.05, 0.1) is 12.2 Å². The summed E-state index contributed by atoms with van der Waals surface area (Å²) in [6.07, 6.45) is 1.42. The van der Waals surface area contributed by atoms with Crippen molar-refractivity contribution in [3.8, 4) is 0 Å². The van der Waals surface area contributed by atoms with E-state index in [1.807, 2.05) is 19.9 Å². The van der Waals surface area contributed by atoms with Gasteiger partial charge in [-0.1, -0.05) is 0 Å². The summed E-state index contributed by atoms with van der Waals surface area (Å²) in [5.41, 5.74) is 1.78. The molecule has 6 nitrogen and oxygen atoms in total. The van der Waals surface area contributed by atoms with Crippen molar-refractivity contribution in [1.29, 1.82) is 0 Å². The average Bonchev–Trinajstić information content (AvgIpc) is 3.08. The lowest BCUT2D eigenvalue weighted by Gasteiger charge is -2.36. The van der Waals surface area contributed by atoms with Gasteiger partial charge in [-0.05, 0) is 39.7 Å². The Morgan fingerprint density at radius 2 is 2.09 bits per heavy atom. The number of likely N-dealkylation sites (tertiary alicyclic amines) is 1. The van der Waals surface area contributed by atoms with E-state index in [1.54, 1.807) is 19.1 Å². The van der Waals surface area contributed by atoms with Gasteiger partial charge < -0.3 is 19.5 Å². The summed E-state index contributed by atoms with van der Waals surface area (Å²) in [5, 5.41) is 2.69. The van der Waals surface area contributed by atoms with Gasteiger partial charge in [0.15, 0.2) is 0 Å². The summed E-state index contributed by atoms with van der Waals surface area (Å²) < 4.78 is 7.40. The molecule has 1 aromatic rings. The summed E-state index contributed by atoms with van der Waals surface area (Å²) >= 11 is 0. The second-order valence-electron chi connectivity index (χ2n) is 6.13. The van der Waals surface area contributed by atoms with Crippen LogP contribution in [0, 0.1) is 13.8 Å². The van der Waals surface area contributed by atoms with E-state index in [1.165, 1.54) is 0 Å². The number of carbonyl (C=O) groups excluding carboxylic acids is 2. The molecule has 1 N–H and O–H groups in total. The maximum absolute atomic E-state index is 13.1. The molecule has 0 radical (unpaired) electrons. The van der Waals surface area contributed by atoms with Gasteiger partial charge in [0, 0.05) is 38.6 Å². The Balaban J connectivity index is 2.42. The third-order valence-corrected chi connectivity index (χ3v) is 4.89. The highest BCUT2D eigenvalue weighted by molar-refractivity contribution is 6.00. The first-order chi connectivity index (χ1) is 10.9. The second kappa shape index (κ2) is 6.74. The van der Waals surface area contributed by atoms with Crippen molar-refractivity contribution in [3.05, 3.63) is 23.0 Å². The molecule has 2 amide bonds. The molecule has 2 heterocycles. The fourth-order valence-electron chi connectivity index (χ4n) is 3.75. The molecule has 128 valence electrons. The Labute approximate surface area is 137 Å². The minimum Gasteiger partial charge on any atom is -0.382 e. The first-order valence-electron chi connectivity index (χ1n) is 8.12. The van der Waals surface area contributed by atoms with Gasteiger partial charge in [-0.25, -0.2) is 0 Å². The van der Waals surface area contributed by atoms with Crippen LogP contribution >= 0.6 is 0 Å². The van der Waals surface area contributed by atoms with Gasteiger partial charge in [-0.2, -0.15) is 0 Å². The lowest BCUT2D eigenvalue weighted by atomic mass is 9.95. The number of methoxy groups -OCH3 is 1. The topological polar surface area (TPSA) is 63.6 Å². The molecule has 1 aliphatic heterocycles. The Morgan fingerprint density at radius 3 is 2.61 bits per heavy atom. The molecule has 1 aliphatic rings. The summed E-state index contributed by atoms with van der Waals surface area (Å²) in [4.78, 5) is 27.3. The van der Waals surface area contributed by atoms with Crippen LogP contribution in [0.5, 0.6) is 0 Å². The number of nitrogens with one attached hydrogen (secondary N) is 1. The van der Waals surface area contributed by atoms with E-state index in [2.05, 4.69) is 16.8 Å². The number of ether oxygens (including phenoxy) is 1. The molecule has 0 bridgehead atoms. The van der Waals surface area contributed by atoms with E-state index in [-0.39, 0.29) is 18.4 Å². The van der Waals surface area contributed by atoms with Crippen molar-refractivity contribution in [2.45, 2.75) is 45.7 Å². The minimum absolute atomic E-state index is 0.0871. The molecule has 0 aliphatic carbocycles. The van der Waals surface area contributed by atoms with E-state index in [0.29, 0.717) is 18.5 Å². The van der Waals surface area contributed by atoms with E-state index in [0.717, 1.165) is 24.4 Å². The van der Waals surface area contributed by atoms with Crippen LogP contribution < -0.4 is 5.32 Å². The summed E-state index contributed by atoms with van der Waals surface area (Å²) in [6, 6.07) is 1.92. The molecular formula is C17H27N3O3. The van der Waals surface area contributed by atoms with Crippen molar-refractivity contribution < 1.29 is 14.3 Å². The van der Waals surface area contributed by atoms with Gasteiger partial charge in [0.1, 0.15) is 5.54 Å². The molecule has 1 unspecified atom stereocenters. The predicted molar refractivity (Wildman–Crippen MR) is 88.5 cm³/mol. The third-order valence-electron chi connectivity index (χ3n) is 4.89. The van der Waals surface area contributed by atoms with Gasteiger partial charge >= 0.3 is 0 Å². The Kier molecular flexibility index (Phi) is 5.14. The number of amides is 2. The van der Waals surface area contributed by atoms with Crippen molar-refractivity contribution in [2.24, 2.45) is 0 Å². The molecule has 1 atom stereocenters. The molecule has 0 spiro atoms. The number of hydrogen-bond donors (Lipinski definition) is 1. The normalized spacial score (nSPS) is 20.8. The Morgan fingerprint density at radius 1 is 1.39 bits per heavy atom. The highest BCUT2D eigenvalue weighted by Crippen LogP contribution is 2.32. The van der Waals surface area contributed by atoms with E-state index < -0.39 is 5.54 Å². The molecule has 23 heavy (non-hydrogen) atoms. The number of hydrogen-bond acceptors (Lipinski definition) is 3. The van der Waals surface area contributed by atoms with Crippen LogP contribution in [-0.2, 0) is 16.1 Å². The number of nitrogens with zero attached hydrogens (tertiary/aromatic N) is 2. The summed E-state index contributed by atoms with van der Waals surface area (Å²) in [7, 11) is 3.16. The lowest BCUT2D eigenvalue weighted by Crippen LogP contribution is -2.59. The zero-order chi connectivity index (χ0) is 17.2. The maximum atomic E-state index is 13.1. The molecule has 0 saturated carbocycles. The van der Waals surface area contributed by atoms with Gasteiger partial charge in [0.2, 0.25) is 5.91 Å². The predicted octanol–water partition coefficient (Wildman–Crippen LogP) is 1.49. The fourth-order valence-corrected chi connectivity index (χ4v) is 3.75. The molecule has 2 rings (SSSR count). The Bertz CT molecular complexity index is 608. The lowest BCUT2D eigenvalue weighted by molar-refractivity contribution is -0.133. The standard InChI is InChI=1S/C17H27N3O3/c1-6-19-12(2)10-14(13(19)3)15(21)20-9-7-8-17(20,11-23-5)16(22)18-4/h10H,6-9,11H2,1-5H3,(H,18,22). The van der Waals surface area contributed by atoms with Crippen LogP contribution in [0.2, 0.25) is 0 Å². The van der Waals surface area contributed by atoms with Crippen LogP contribution in [0.15, 0.2) is 6.07 Å². The van der Waals surface area contributed by atoms with Crippen molar-refractivity contribution in [2.75, 3.05) is 27.3 Å². The highest BCUT2D eigenvalue weighted by Gasteiger charge is 2.50. The average molecular weight is 321 g/mol. The van der Waals surface area contributed by atoms with Gasteiger partial charge in [-0.3, -0.25) is 9.59 Å². The summed E-state index contributed by atoms with van der Waals surface area (Å²) in [5.74, 6) is -0.245. The molecule has 1 fully saturated rings. The van der Waals surface area contributed by atoms with Gasteiger partial charge in [-0.15, -0.1) is 0 Å². The van der Waals surface area contributed by atoms with Crippen molar-refractivity contribution >= 4 is 11.8 Å². The number of aromatic nitrogens is 1. The first kappa shape index (κ1) is 17.5. The third kappa shape index (κ3) is 2.76. The van der Waals surface area contributed by atoms with E-state index >= 15 is 0 Å². The first-order valence-corrected chi connectivity index (χ1v) is 8.12. The fraction of sp³-hybridized carbons (Fsp3) is 0.647. The quantitative estimate of drug-likeness (QED) is 0.894. The highest BCUT2D eigenvalue weighted by atomic mass is 16.5. The second-order valence-corrected chi connectivity index (χ2v) is 6.13. The molecular weight excluding hydrogens is 294 g/mol. The largest absolute Gasteiger partial charge is 0.382 e.